The number of nitrogens with zero attached hydrogens (tertiary/aromatic N) is 2. The molecule has 0 N–H and O–H groups in total. The van der Waals surface area contributed by atoms with E-state index in [9.17, 15) is 0 Å². The third-order valence-corrected chi connectivity index (χ3v) is 10.4. The van der Waals surface area contributed by atoms with E-state index in [1.807, 2.05) is 48.5 Å². The Morgan fingerprint density at radius 3 is 1.96 bits per heavy atom. The van der Waals surface area contributed by atoms with E-state index in [2.05, 4.69) is 65.9 Å². The minimum Gasteiger partial charge on any atom is -0.494 e. The first-order valence-electron chi connectivity index (χ1n) is 16.7. The number of aromatic nitrogens is 2. The van der Waals surface area contributed by atoms with Crippen molar-refractivity contribution >= 4 is 34.1 Å². The van der Waals surface area contributed by atoms with Crippen molar-refractivity contribution in [3.8, 4) is 54.6 Å². The summed E-state index contributed by atoms with van der Waals surface area (Å²) in [5.41, 5.74) is 6.68. The van der Waals surface area contributed by atoms with E-state index in [-0.39, 0.29) is 5.82 Å². The fraction of sp³-hybridized carbons (Fsp3) is 0.300. The van der Waals surface area contributed by atoms with Crippen molar-refractivity contribution in [2.75, 3.05) is 13.2 Å². The van der Waals surface area contributed by atoms with E-state index in [0.717, 1.165) is 87.3 Å². The molecule has 1 unspecified atom stereocenters. The van der Waals surface area contributed by atoms with Gasteiger partial charge in [-0.3, -0.25) is 0 Å². The average molecular weight is 665 g/mol. The number of halogens is 1. The first kappa shape index (κ1) is 32.9. The molecule has 0 aliphatic heterocycles. The van der Waals surface area contributed by atoms with Crippen molar-refractivity contribution in [1.29, 1.82) is 0 Å². The average Bonchev–Trinajstić information content (AvgIpc) is 3.80. The molecule has 7 heteroatoms. The summed E-state index contributed by atoms with van der Waals surface area (Å²) in [4.78, 5) is 2.27. The predicted molar refractivity (Wildman–Crippen MR) is 196 cm³/mol. The van der Waals surface area contributed by atoms with E-state index >= 15 is 4.39 Å². The summed E-state index contributed by atoms with van der Waals surface area (Å²) in [6.45, 7) is 8.09. The number of benzene rings is 4. The lowest BCUT2D eigenvalue weighted by Crippen LogP contribution is -2.11. The first-order valence-corrected chi connectivity index (χ1v) is 18.2. The number of rotatable bonds is 15. The van der Waals surface area contributed by atoms with Crippen molar-refractivity contribution in [3.63, 3.8) is 0 Å². The highest BCUT2D eigenvalue weighted by Gasteiger charge is 2.18. The number of hydrogen-bond acceptors (Lipinski definition) is 6. The molecule has 242 valence electrons. The Bertz CT molecular complexity index is 1900. The molecule has 2 heterocycles. The first-order chi connectivity index (χ1) is 23.1. The summed E-state index contributed by atoms with van der Waals surface area (Å²) in [6, 6.07) is 29.9. The number of fused-ring (bicyclic) bond motifs is 1. The highest BCUT2D eigenvalue weighted by Crippen LogP contribution is 2.41. The van der Waals surface area contributed by atoms with Gasteiger partial charge in [-0.1, -0.05) is 82.9 Å². The van der Waals surface area contributed by atoms with Crippen LogP contribution in [0.5, 0.6) is 11.5 Å². The van der Waals surface area contributed by atoms with Gasteiger partial charge in [-0.2, -0.15) is 8.75 Å². The van der Waals surface area contributed by atoms with Gasteiger partial charge in [0.2, 0.25) is 0 Å². The highest BCUT2D eigenvalue weighted by molar-refractivity contribution is 7.19. The van der Waals surface area contributed by atoms with Crippen LogP contribution in [0, 0.1) is 11.7 Å². The van der Waals surface area contributed by atoms with Crippen molar-refractivity contribution < 1.29 is 13.9 Å². The van der Waals surface area contributed by atoms with E-state index in [4.69, 9.17) is 9.47 Å². The van der Waals surface area contributed by atoms with Gasteiger partial charge in [-0.25, -0.2) is 4.39 Å². The number of hydrogen-bond donors (Lipinski definition) is 0. The summed E-state index contributed by atoms with van der Waals surface area (Å²) in [5.74, 6) is 2.06. The maximum atomic E-state index is 15.7. The van der Waals surface area contributed by atoms with Crippen LogP contribution >= 0.6 is 23.1 Å². The molecule has 1 atom stereocenters. The van der Waals surface area contributed by atoms with Crippen molar-refractivity contribution in [3.05, 3.63) is 96.8 Å². The fourth-order valence-electron chi connectivity index (χ4n) is 5.74. The Morgan fingerprint density at radius 1 is 0.638 bits per heavy atom. The molecule has 47 heavy (non-hydrogen) atoms. The fourth-order valence-corrected chi connectivity index (χ4v) is 7.35. The van der Waals surface area contributed by atoms with Crippen LogP contribution in [0.15, 0.2) is 91.0 Å². The Kier molecular flexibility index (Phi) is 11.0. The van der Waals surface area contributed by atoms with Crippen LogP contribution in [0.3, 0.4) is 0 Å². The lowest BCUT2D eigenvalue weighted by molar-refractivity contribution is 0.233. The SMILES string of the molecule is CCCCOc1ccc(-c2ccc(-c3ccc(-c4ccc(-c5ccc(OCC(CC)CCCC)cc5)s4)c4nsnc34)c(F)c2)cc1. The molecule has 6 aromatic rings. The topological polar surface area (TPSA) is 44.2 Å². The molecule has 0 amide bonds. The summed E-state index contributed by atoms with van der Waals surface area (Å²) in [6.07, 6.45) is 6.96. The van der Waals surface area contributed by atoms with Crippen LogP contribution in [0.1, 0.15) is 59.3 Å². The van der Waals surface area contributed by atoms with Gasteiger partial charge in [0.05, 0.1) is 24.9 Å². The zero-order chi connectivity index (χ0) is 32.6. The predicted octanol–water partition coefficient (Wildman–Crippen LogP) is 12.3. The Labute approximate surface area is 285 Å². The second kappa shape index (κ2) is 15.7. The molecule has 2 aromatic heterocycles. The van der Waals surface area contributed by atoms with Gasteiger partial charge in [0.25, 0.3) is 0 Å². The van der Waals surface area contributed by atoms with E-state index in [1.54, 1.807) is 17.4 Å². The quantitative estimate of drug-likeness (QED) is 0.102. The van der Waals surface area contributed by atoms with Gasteiger partial charge >= 0.3 is 0 Å². The maximum Gasteiger partial charge on any atom is 0.131 e. The molecule has 0 saturated carbocycles. The molecule has 0 aliphatic rings. The zero-order valence-corrected chi connectivity index (χ0v) is 28.9. The second-order valence-electron chi connectivity index (χ2n) is 12.0. The standard InChI is InChI=1S/C40H41FN2O2S2/c1-4-7-9-27(6-3)26-45-32-17-12-29(13-18-32)37-22-23-38(46-37)35-21-20-34(39-40(35)43-47-42-39)33-19-14-30(25-36(33)41)28-10-15-31(16-11-28)44-24-8-5-2/h10-23,25,27H,4-9,24,26H2,1-3H3. The van der Waals surface area contributed by atoms with Crippen molar-refractivity contribution in [2.45, 2.75) is 59.3 Å². The van der Waals surface area contributed by atoms with E-state index < -0.39 is 0 Å². The van der Waals surface area contributed by atoms with Gasteiger partial charge in [0, 0.05) is 26.4 Å². The molecular formula is C40H41FN2O2S2. The molecule has 6 rings (SSSR count). The molecule has 0 bridgehead atoms. The summed E-state index contributed by atoms with van der Waals surface area (Å²) in [5, 5.41) is 0. The lowest BCUT2D eigenvalue weighted by Gasteiger charge is -2.15. The molecule has 0 radical (unpaired) electrons. The van der Waals surface area contributed by atoms with Gasteiger partial charge < -0.3 is 9.47 Å². The normalized spacial score (nSPS) is 12.0. The Morgan fingerprint density at radius 2 is 1.26 bits per heavy atom. The maximum absolute atomic E-state index is 15.7. The number of ether oxygens (including phenoxy) is 2. The van der Waals surface area contributed by atoms with Crippen molar-refractivity contribution in [2.24, 2.45) is 5.92 Å². The number of thiophene rings is 1. The summed E-state index contributed by atoms with van der Waals surface area (Å²) < 4.78 is 36.8. The monoisotopic (exact) mass is 664 g/mol. The smallest absolute Gasteiger partial charge is 0.131 e. The molecule has 4 nitrogen and oxygen atoms in total. The summed E-state index contributed by atoms with van der Waals surface area (Å²) in [7, 11) is 0. The van der Waals surface area contributed by atoms with E-state index in [1.165, 1.54) is 24.1 Å². The second-order valence-corrected chi connectivity index (χ2v) is 13.6. The largest absolute Gasteiger partial charge is 0.494 e. The minimum atomic E-state index is -0.287. The third-order valence-electron chi connectivity index (χ3n) is 8.67. The van der Waals surface area contributed by atoms with Gasteiger partial charge in [-0.15, -0.1) is 11.3 Å². The van der Waals surface area contributed by atoms with Crippen LogP contribution in [0.4, 0.5) is 4.39 Å². The molecule has 0 aliphatic carbocycles. The molecule has 4 aromatic carbocycles. The molecule has 0 fully saturated rings. The Balaban J connectivity index is 1.18. The minimum absolute atomic E-state index is 0.287. The van der Waals surface area contributed by atoms with Gasteiger partial charge in [-0.05, 0) is 90.0 Å². The van der Waals surface area contributed by atoms with Gasteiger partial charge in [0.15, 0.2) is 0 Å². The highest BCUT2D eigenvalue weighted by atomic mass is 32.1. The van der Waals surface area contributed by atoms with E-state index in [0.29, 0.717) is 23.6 Å². The number of unbranched alkanes of at least 4 members (excludes halogenated alkanes) is 2. The Hall–Kier alpha value is -4.07. The van der Waals surface area contributed by atoms with Crippen LogP contribution in [0.2, 0.25) is 0 Å². The van der Waals surface area contributed by atoms with Crippen molar-refractivity contribution in [1.82, 2.24) is 8.75 Å². The third kappa shape index (κ3) is 7.74. The lowest BCUT2D eigenvalue weighted by atomic mass is 9.97. The van der Waals surface area contributed by atoms with Crippen LogP contribution < -0.4 is 9.47 Å². The molecule has 0 spiro atoms. The van der Waals surface area contributed by atoms with Crippen LogP contribution in [-0.2, 0) is 0 Å². The summed E-state index contributed by atoms with van der Waals surface area (Å²) >= 11 is 2.88. The molecule has 0 saturated heterocycles. The van der Waals surface area contributed by atoms with Crippen LogP contribution in [0.25, 0.3) is 54.2 Å². The van der Waals surface area contributed by atoms with Gasteiger partial charge in [0.1, 0.15) is 28.3 Å². The van der Waals surface area contributed by atoms with Crippen LogP contribution in [-0.4, -0.2) is 22.0 Å². The molecular weight excluding hydrogens is 624 g/mol. The zero-order valence-electron chi connectivity index (χ0n) is 27.3.